The Kier molecular flexibility index (Phi) is 7.39. The van der Waals surface area contributed by atoms with Crippen LogP contribution in [0.4, 0.5) is 5.69 Å². The molecule has 1 amide bonds. The minimum Gasteiger partial charge on any atom is -0.496 e. The number of halogens is 1. The fourth-order valence-electron chi connectivity index (χ4n) is 2.40. The first-order valence-electron chi connectivity index (χ1n) is 7.43. The highest BCUT2D eigenvalue weighted by Crippen LogP contribution is 2.33. The van der Waals surface area contributed by atoms with Gasteiger partial charge in [-0.1, -0.05) is 6.07 Å². The molecule has 0 radical (unpaired) electrons. The van der Waals surface area contributed by atoms with Crippen LogP contribution in [-0.4, -0.2) is 27.2 Å². The number of nitrogens with one attached hydrogen (secondary N) is 1. The van der Waals surface area contributed by atoms with E-state index in [1.807, 2.05) is 13.0 Å². The highest BCUT2D eigenvalue weighted by molar-refractivity contribution is 5.96. The fraction of sp³-hybridized carbons (Fsp3) is 0.278. The summed E-state index contributed by atoms with van der Waals surface area (Å²) in [6.07, 6.45) is 0. The van der Waals surface area contributed by atoms with Crippen LogP contribution in [-0.2, 0) is 6.54 Å². The van der Waals surface area contributed by atoms with Crippen molar-refractivity contribution in [3.05, 3.63) is 47.0 Å². The molecule has 0 heterocycles. The summed E-state index contributed by atoms with van der Waals surface area (Å²) < 4.78 is 16.0. The lowest BCUT2D eigenvalue weighted by molar-refractivity contribution is 0.0950. The SMILES string of the molecule is COc1cc(OC)c(CNC(=O)c2cc(N)ccc2C)c(OC)c1.Cl. The maximum absolute atomic E-state index is 12.4. The lowest BCUT2D eigenvalue weighted by Crippen LogP contribution is -2.24. The second-order valence-corrected chi connectivity index (χ2v) is 5.27. The second kappa shape index (κ2) is 9.03. The zero-order valence-electron chi connectivity index (χ0n) is 14.7. The normalized spacial score (nSPS) is 9.76. The average Bonchev–Trinajstić information content (AvgIpc) is 2.60. The van der Waals surface area contributed by atoms with Gasteiger partial charge in [0.2, 0.25) is 0 Å². The van der Waals surface area contributed by atoms with Gasteiger partial charge in [0, 0.05) is 23.4 Å². The first kappa shape index (κ1) is 20.4. The molecule has 0 fully saturated rings. The number of amides is 1. The van der Waals surface area contributed by atoms with E-state index in [9.17, 15) is 4.79 Å². The van der Waals surface area contributed by atoms with Gasteiger partial charge in [0.25, 0.3) is 5.91 Å². The topological polar surface area (TPSA) is 82.8 Å². The zero-order chi connectivity index (χ0) is 17.7. The Balaban J connectivity index is 0.00000312. The van der Waals surface area contributed by atoms with Gasteiger partial charge in [-0.15, -0.1) is 12.4 Å². The van der Waals surface area contributed by atoms with E-state index in [4.69, 9.17) is 19.9 Å². The van der Waals surface area contributed by atoms with Crippen LogP contribution in [0.3, 0.4) is 0 Å². The molecule has 0 unspecified atom stereocenters. The predicted molar refractivity (Wildman–Crippen MR) is 100 cm³/mol. The van der Waals surface area contributed by atoms with Gasteiger partial charge < -0.3 is 25.3 Å². The number of hydrogen-bond acceptors (Lipinski definition) is 5. The smallest absolute Gasteiger partial charge is 0.251 e. The highest BCUT2D eigenvalue weighted by atomic mass is 35.5. The number of nitrogen functional groups attached to an aromatic ring is 1. The summed E-state index contributed by atoms with van der Waals surface area (Å²) in [4.78, 5) is 12.4. The van der Waals surface area contributed by atoms with Crippen LogP contribution in [0, 0.1) is 6.92 Å². The summed E-state index contributed by atoms with van der Waals surface area (Å²) in [5, 5.41) is 2.87. The van der Waals surface area contributed by atoms with Crippen LogP contribution in [0.1, 0.15) is 21.5 Å². The van der Waals surface area contributed by atoms with Crippen LogP contribution >= 0.6 is 12.4 Å². The van der Waals surface area contributed by atoms with Crippen molar-refractivity contribution in [1.29, 1.82) is 0 Å². The number of methoxy groups -OCH3 is 3. The first-order valence-corrected chi connectivity index (χ1v) is 7.43. The summed E-state index contributed by atoms with van der Waals surface area (Å²) in [5.74, 6) is 1.57. The molecule has 2 aromatic carbocycles. The van der Waals surface area contributed by atoms with E-state index in [1.165, 1.54) is 0 Å². The molecule has 25 heavy (non-hydrogen) atoms. The quantitative estimate of drug-likeness (QED) is 0.768. The fourth-order valence-corrected chi connectivity index (χ4v) is 2.40. The molecule has 0 atom stereocenters. The Morgan fingerprint density at radius 2 is 1.64 bits per heavy atom. The van der Waals surface area contributed by atoms with Gasteiger partial charge in [-0.3, -0.25) is 4.79 Å². The van der Waals surface area contributed by atoms with Crippen molar-refractivity contribution < 1.29 is 19.0 Å². The number of benzene rings is 2. The lowest BCUT2D eigenvalue weighted by atomic mass is 10.1. The Morgan fingerprint density at radius 1 is 1.04 bits per heavy atom. The number of carbonyl (C=O) groups is 1. The van der Waals surface area contributed by atoms with Gasteiger partial charge in [-0.05, 0) is 24.6 Å². The molecule has 0 aliphatic carbocycles. The molecule has 2 rings (SSSR count). The molecule has 6 nitrogen and oxygen atoms in total. The molecule has 3 N–H and O–H groups in total. The van der Waals surface area contributed by atoms with E-state index in [2.05, 4.69) is 5.32 Å². The summed E-state index contributed by atoms with van der Waals surface area (Å²) in [7, 11) is 4.68. The number of carbonyl (C=O) groups excluding carboxylic acids is 1. The van der Waals surface area contributed by atoms with Crippen LogP contribution in [0.25, 0.3) is 0 Å². The Bertz CT molecular complexity index is 725. The molecule has 0 saturated heterocycles. The van der Waals surface area contributed by atoms with Crippen LogP contribution in [0.15, 0.2) is 30.3 Å². The van der Waals surface area contributed by atoms with E-state index in [0.717, 1.165) is 11.1 Å². The molecule has 0 aliphatic rings. The molecule has 2 aromatic rings. The highest BCUT2D eigenvalue weighted by Gasteiger charge is 2.15. The zero-order valence-corrected chi connectivity index (χ0v) is 15.5. The third-order valence-corrected chi connectivity index (χ3v) is 3.75. The van der Waals surface area contributed by atoms with E-state index in [0.29, 0.717) is 28.5 Å². The number of anilines is 1. The minimum atomic E-state index is -0.209. The molecule has 136 valence electrons. The van der Waals surface area contributed by atoms with E-state index in [-0.39, 0.29) is 24.9 Å². The van der Waals surface area contributed by atoms with Crippen molar-refractivity contribution in [2.24, 2.45) is 0 Å². The number of rotatable bonds is 6. The molecule has 7 heteroatoms. The van der Waals surface area contributed by atoms with E-state index >= 15 is 0 Å². The predicted octanol–water partition coefficient (Wildman–Crippen LogP) is 2.95. The Hall–Kier alpha value is -2.60. The van der Waals surface area contributed by atoms with Crippen molar-refractivity contribution in [1.82, 2.24) is 5.32 Å². The number of hydrogen-bond donors (Lipinski definition) is 2. The molecule has 0 aromatic heterocycles. The van der Waals surface area contributed by atoms with Gasteiger partial charge in [-0.25, -0.2) is 0 Å². The van der Waals surface area contributed by atoms with Crippen LogP contribution in [0.5, 0.6) is 17.2 Å². The Labute approximate surface area is 153 Å². The largest absolute Gasteiger partial charge is 0.496 e. The third-order valence-electron chi connectivity index (χ3n) is 3.75. The average molecular weight is 367 g/mol. The summed E-state index contributed by atoms with van der Waals surface area (Å²) in [6, 6.07) is 8.74. The Morgan fingerprint density at radius 3 is 2.16 bits per heavy atom. The molecule has 0 saturated carbocycles. The van der Waals surface area contributed by atoms with E-state index in [1.54, 1.807) is 45.6 Å². The summed E-state index contributed by atoms with van der Waals surface area (Å²) in [5.41, 5.74) is 8.44. The molecule has 0 bridgehead atoms. The van der Waals surface area contributed by atoms with Gasteiger partial charge in [-0.2, -0.15) is 0 Å². The molecular weight excluding hydrogens is 344 g/mol. The van der Waals surface area contributed by atoms with Crippen molar-refractivity contribution in [2.75, 3.05) is 27.1 Å². The van der Waals surface area contributed by atoms with Gasteiger partial charge in [0.05, 0.1) is 33.4 Å². The van der Waals surface area contributed by atoms with Crippen molar-refractivity contribution in [2.45, 2.75) is 13.5 Å². The maximum Gasteiger partial charge on any atom is 0.251 e. The van der Waals surface area contributed by atoms with Crippen molar-refractivity contribution in [3.63, 3.8) is 0 Å². The van der Waals surface area contributed by atoms with Gasteiger partial charge in [0.15, 0.2) is 0 Å². The number of ether oxygens (including phenoxy) is 3. The van der Waals surface area contributed by atoms with Gasteiger partial charge in [0.1, 0.15) is 17.2 Å². The van der Waals surface area contributed by atoms with Crippen LogP contribution in [0.2, 0.25) is 0 Å². The number of aryl methyl sites for hydroxylation is 1. The van der Waals surface area contributed by atoms with E-state index < -0.39 is 0 Å². The lowest BCUT2D eigenvalue weighted by Gasteiger charge is -2.16. The standard InChI is InChI=1S/C18H22N2O4.ClH/c1-11-5-6-12(19)7-14(11)18(21)20-10-15-16(23-3)8-13(22-2)9-17(15)24-4;/h5-9H,10,19H2,1-4H3,(H,20,21);1H. The van der Waals surface area contributed by atoms with Crippen molar-refractivity contribution >= 4 is 24.0 Å². The monoisotopic (exact) mass is 366 g/mol. The van der Waals surface area contributed by atoms with Crippen molar-refractivity contribution in [3.8, 4) is 17.2 Å². The number of nitrogens with two attached hydrogens (primary N) is 1. The van der Waals surface area contributed by atoms with Gasteiger partial charge >= 0.3 is 0 Å². The molecular formula is C18H23ClN2O4. The molecule has 0 aliphatic heterocycles. The minimum absolute atomic E-state index is 0. The second-order valence-electron chi connectivity index (χ2n) is 5.27. The van der Waals surface area contributed by atoms with Crippen LogP contribution < -0.4 is 25.3 Å². The summed E-state index contributed by atoms with van der Waals surface area (Å²) in [6.45, 7) is 2.12. The third kappa shape index (κ3) is 4.70. The maximum atomic E-state index is 12.4. The summed E-state index contributed by atoms with van der Waals surface area (Å²) >= 11 is 0. The molecule has 0 spiro atoms. The first-order chi connectivity index (χ1) is 11.5.